The fourth-order valence-electron chi connectivity index (χ4n) is 2.64. The van der Waals surface area contributed by atoms with Crippen molar-refractivity contribution in [2.75, 3.05) is 0 Å². The van der Waals surface area contributed by atoms with Crippen LogP contribution in [-0.2, 0) is 0 Å². The zero-order chi connectivity index (χ0) is 11.0. The monoisotopic (exact) mass is 208 g/mol. The highest BCUT2D eigenvalue weighted by atomic mass is 19.1. The maximum atomic E-state index is 13.0. The number of hydrogen-bond donors (Lipinski definition) is 1. The van der Waals surface area contributed by atoms with Crippen molar-refractivity contribution >= 4 is 0 Å². The highest BCUT2D eigenvalue weighted by Gasteiger charge is 2.32. The lowest BCUT2D eigenvalue weighted by atomic mass is 9.87. The van der Waals surface area contributed by atoms with Gasteiger partial charge in [-0.25, -0.2) is 4.39 Å². The molecule has 1 aliphatic carbocycles. The first-order valence-corrected chi connectivity index (χ1v) is 5.53. The number of halogens is 1. The minimum Gasteiger partial charge on any atom is -0.393 e. The van der Waals surface area contributed by atoms with Crippen molar-refractivity contribution in [1.82, 2.24) is 0 Å². The van der Waals surface area contributed by atoms with Gasteiger partial charge in [0.1, 0.15) is 5.82 Å². The van der Waals surface area contributed by atoms with E-state index in [1.165, 1.54) is 11.6 Å². The Labute approximate surface area is 89.9 Å². The Morgan fingerprint density at radius 3 is 2.60 bits per heavy atom. The summed E-state index contributed by atoms with van der Waals surface area (Å²) in [5.41, 5.74) is 2.20. The second-order valence-corrected chi connectivity index (χ2v) is 4.61. The van der Waals surface area contributed by atoms with Crippen molar-refractivity contribution in [3.8, 4) is 0 Å². The van der Waals surface area contributed by atoms with Crippen molar-refractivity contribution < 1.29 is 9.50 Å². The lowest BCUT2D eigenvalue weighted by Crippen LogP contribution is -2.14. The van der Waals surface area contributed by atoms with E-state index in [1.54, 1.807) is 6.07 Å². The average Bonchev–Trinajstić information content (AvgIpc) is 2.49. The molecule has 15 heavy (non-hydrogen) atoms. The van der Waals surface area contributed by atoms with Gasteiger partial charge < -0.3 is 5.11 Å². The second-order valence-electron chi connectivity index (χ2n) is 4.61. The summed E-state index contributed by atoms with van der Waals surface area (Å²) in [4.78, 5) is 0. The zero-order valence-corrected chi connectivity index (χ0v) is 9.20. The maximum absolute atomic E-state index is 13.0. The van der Waals surface area contributed by atoms with Crippen LogP contribution in [0, 0.1) is 18.7 Å². The summed E-state index contributed by atoms with van der Waals surface area (Å²) in [7, 11) is 0. The van der Waals surface area contributed by atoms with Crippen molar-refractivity contribution in [3.05, 3.63) is 35.1 Å². The Bertz CT molecular complexity index is 362. The fraction of sp³-hybridized carbons (Fsp3) is 0.538. The van der Waals surface area contributed by atoms with Gasteiger partial charge in [-0.15, -0.1) is 0 Å². The molecule has 0 spiro atoms. The van der Waals surface area contributed by atoms with Gasteiger partial charge in [0.2, 0.25) is 0 Å². The Kier molecular flexibility index (Phi) is 2.79. The van der Waals surface area contributed by atoms with Gasteiger partial charge in [0.05, 0.1) is 6.10 Å². The molecule has 1 nitrogen and oxygen atoms in total. The first kappa shape index (κ1) is 10.6. The summed E-state index contributed by atoms with van der Waals surface area (Å²) in [5, 5.41) is 9.70. The van der Waals surface area contributed by atoms with E-state index in [0.717, 1.165) is 18.4 Å². The largest absolute Gasteiger partial charge is 0.393 e. The molecule has 1 fully saturated rings. The van der Waals surface area contributed by atoms with E-state index in [0.29, 0.717) is 5.92 Å². The molecule has 1 N–H and O–H groups in total. The quantitative estimate of drug-likeness (QED) is 0.752. The third kappa shape index (κ3) is 1.91. The topological polar surface area (TPSA) is 20.2 Å². The van der Waals surface area contributed by atoms with E-state index < -0.39 is 0 Å². The number of hydrogen-bond acceptors (Lipinski definition) is 1. The Hall–Kier alpha value is -0.890. The van der Waals surface area contributed by atoms with Crippen LogP contribution in [0.25, 0.3) is 0 Å². The van der Waals surface area contributed by atoms with Gasteiger partial charge in [-0.2, -0.15) is 0 Å². The van der Waals surface area contributed by atoms with Gasteiger partial charge in [-0.3, -0.25) is 0 Å². The minimum absolute atomic E-state index is 0.178. The molecule has 1 aliphatic rings. The highest BCUT2D eigenvalue weighted by Crippen LogP contribution is 2.40. The van der Waals surface area contributed by atoms with Gasteiger partial charge in [-0.05, 0) is 54.9 Å². The van der Waals surface area contributed by atoms with Crippen LogP contribution in [0.2, 0.25) is 0 Å². The average molecular weight is 208 g/mol. The van der Waals surface area contributed by atoms with E-state index in [2.05, 4.69) is 6.92 Å². The molecule has 1 saturated carbocycles. The number of aliphatic hydroxyl groups excluding tert-OH is 1. The van der Waals surface area contributed by atoms with Crippen molar-refractivity contribution in [3.63, 3.8) is 0 Å². The summed E-state index contributed by atoms with van der Waals surface area (Å²) in [5.74, 6) is 0.497. The predicted molar refractivity (Wildman–Crippen MR) is 58.3 cm³/mol. The summed E-state index contributed by atoms with van der Waals surface area (Å²) < 4.78 is 13.0. The van der Waals surface area contributed by atoms with Crippen molar-refractivity contribution in [2.45, 2.75) is 38.7 Å². The first-order valence-electron chi connectivity index (χ1n) is 5.53. The van der Waals surface area contributed by atoms with Crippen LogP contribution in [0.1, 0.15) is 36.8 Å². The molecule has 3 atom stereocenters. The summed E-state index contributed by atoms with van der Waals surface area (Å²) in [6.45, 7) is 4.01. The maximum Gasteiger partial charge on any atom is 0.123 e. The fourth-order valence-corrected chi connectivity index (χ4v) is 2.64. The van der Waals surface area contributed by atoms with Gasteiger partial charge >= 0.3 is 0 Å². The van der Waals surface area contributed by atoms with E-state index in [9.17, 15) is 9.50 Å². The van der Waals surface area contributed by atoms with Crippen LogP contribution >= 0.6 is 0 Å². The smallest absolute Gasteiger partial charge is 0.123 e. The first-order chi connectivity index (χ1) is 7.09. The van der Waals surface area contributed by atoms with Gasteiger partial charge in [0.25, 0.3) is 0 Å². The summed E-state index contributed by atoms with van der Waals surface area (Å²) >= 11 is 0. The zero-order valence-electron chi connectivity index (χ0n) is 9.20. The summed E-state index contributed by atoms with van der Waals surface area (Å²) in [6, 6.07) is 4.95. The molecular weight excluding hydrogens is 191 g/mol. The van der Waals surface area contributed by atoms with Crippen LogP contribution < -0.4 is 0 Å². The van der Waals surface area contributed by atoms with Crippen LogP contribution in [-0.4, -0.2) is 11.2 Å². The molecule has 1 aromatic carbocycles. The molecule has 2 heteroatoms. The van der Waals surface area contributed by atoms with Crippen LogP contribution in [0.4, 0.5) is 4.39 Å². The Balaban J connectivity index is 2.30. The standard InChI is InChI=1S/C13H17FO/c1-8-7-10(14)3-4-11(8)12-5-6-13(15)9(12)2/h3-4,7,9,12-13,15H,5-6H2,1-2H3. The van der Waals surface area contributed by atoms with Crippen LogP contribution in [0.3, 0.4) is 0 Å². The molecule has 0 bridgehead atoms. The predicted octanol–water partition coefficient (Wildman–Crippen LogP) is 3.01. The Morgan fingerprint density at radius 2 is 2.07 bits per heavy atom. The molecular formula is C13H17FO. The van der Waals surface area contributed by atoms with E-state index in [1.807, 2.05) is 13.0 Å². The van der Waals surface area contributed by atoms with Crippen molar-refractivity contribution in [1.29, 1.82) is 0 Å². The molecule has 3 unspecified atom stereocenters. The third-order valence-electron chi connectivity index (χ3n) is 3.65. The van der Waals surface area contributed by atoms with Crippen LogP contribution in [0.15, 0.2) is 18.2 Å². The summed E-state index contributed by atoms with van der Waals surface area (Å²) in [6.07, 6.45) is 1.68. The minimum atomic E-state index is -0.195. The molecule has 82 valence electrons. The molecule has 0 aromatic heterocycles. The van der Waals surface area contributed by atoms with Crippen LogP contribution in [0.5, 0.6) is 0 Å². The molecule has 0 aliphatic heterocycles. The van der Waals surface area contributed by atoms with Gasteiger partial charge in [0.15, 0.2) is 0 Å². The van der Waals surface area contributed by atoms with Crippen molar-refractivity contribution in [2.24, 2.45) is 5.92 Å². The molecule has 1 aromatic rings. The molecule has 0 saturated heterocycles. The molecule has 2 rings (SSSR count). The lowest BCUT2D eigenvalue weighted by molar-refractivity contribution is 0.136. The number of aryl methyl sites for hydroxylation is 1. The SMILES string of the molecule is Cc1cc(F)ccc1C1CCC(O)C1C. The Morgan fingerprint density at radius 1 is 1.33 bits per heavy atom. The van der Waals surface area contributed by atoms with E-state index >= 15 is 0 Å². The number of rotatable bonds is 1. The second kappa shape index (κ2) is 3.93. The number of aliphatic hydroxyl groups is 1. The lowest BCUT2D eigenvalue weighted by Gasteiger charge is -2.19. The number of benzene rings is 1. The van der Waals surface area contributed by atoms with E-state index in [4.69, 9.17) is 0 Å². The normalized spacial score (nSPS) is 30.8. The third-order valence-corrected chi connectivity index (χ3v) is 3.65. The van der Waals surface area contributed by atoms with E-state index in [-0.39, 0.29) is 17.8 Å². The molecule has 0 heterocycles. The molecule has 0 radical (unpaired) electrons. The molecule has 0 amide bonds. The van der Waals surface area contributed by atoms with Gasteiger partial charge in [-0.1, -0.05) is 13.0 Å². The highest BCUT2D eigenvalue weighted by molar-refractivity contribution is 5.31. The van der Waals surface area contributed by atoms with Gasteiger partial charge in [0, 0.05) is 0 Å².